The SMILES string of the molecule is CCc1nnc(NCc2ccc(-c3ccccc3-c3nnnn3C(=O)OC(C)(C)C)cc2)s1. The van der Waals surface area contributed by atoms with Crippen molar-refractivity contribution in [3.8, 4) is 22.5 Å². The van der Waals surface area contributed by atoms with Crippen LogP contribution in [0.25, 0.3) is 22.5 Å². The van der Waals surface area contributed by atoms with Crippen molar-refractivity contribution in [1.82, 2.24) is 30.4 Å². The van der Waals surface area contributed by atoms with E-state index in [4.69, 9.17) is 4.74 Å². The van der Waals surface area contributed by atoms with Crippen LogP contribution >= 0.6 is 11.3 Å². The van der Waals surface area contributed by atoms with E-state index < -0.39 is 11.7 Å². The van der Waals surface area contributed by atoms with Gasteiger partial charge in [-0.2, -0.15) is 0 Å². The van der Waals surface area contributed by atoms with Gasteiger partial charge in [0.2, 0.25) is 5.13 Å². The first-order chi connectivity index (χ1) is 15.8. The summed E-state index contributed by atoms with van der Waals surface area (Å²) >= 11 is 1.57. The standard InChI is InChI=1S/C23H25N7O2S/c1-5-19-25-27-21(33-19)24-14-15-10-12-16(13-11-15)17-8-6-7-9-18(17)20-26-28-29-30(20)22(31)32-23(2,3)4/h6-13H,5,14H2,1-4H3,(H,24,27). The molecule has 0 saturated carbocycles. The summed E-state index contributed by atoms with van der Waals surface area (Å²) in [5.41, 5.74) is 3.09. The van der Waals surface area contributed by atoms with Crippen LogP contribution in [0, 0.1) is 0 Å². The maximum Gasteiger partial charge on any atom is 0.438 e. The molecule has 4 rings (SSSR count). The minimum atomic E-state index is -0.656. The number of hydrogen-bond donors (Lipinski definition) is 1. The van der Waals surface area contributed by atoms with Gasteiger partial charge in [0.15, 0.2) is 5.82 Å². The molecule has 0 radical (unpaired) electrons. The Morgan fingerprint density at radius 3 is 2.42 bits per heavy atom. The second-order valence-electron chi connectivity index (χ2n) is 8.35. The monoisotopic (exact) mass is 463 g/mol. The Morgan fingerprint density at radius 1 is 1.03 bits per heavy atom. The second kappa shape index (κ2) is 9.45. The fourth-order valence-electron chi connectivity index (χ4n) is 3.16. The Hall–Kier alpha value is -3.66. The molecule has 0 aliphatic rings. The first kappa shape index (κ1) is 22.5. The Balaban J connectivity index is 1.56. The predicted octanol–water partition coefficient (Wildman–Crippen LogP) is 4.82. The molecule has 1 N–H and O–H groups in total. The molecule has 170 valence electrons. The molecule has 2 aromatic heterocycles. The third kappa shape index (κ3) is 5.40. The number of ether oxygens (including phenoxy) is 1. The van der Waals surface area contributed by atoms with Crippen LogP contribution in [0.5, 0.6) is 0 Å². The summed E-state index contributed by atoms with van der Waals surface area (Å²) in [5, 5.41) is 25.1. The van der Waals surface area contributed by atoms with Crippen molar-refractivity contribution in [1.29, 1.82) is 0 Å². The topological polar surface area (TPSA) is 108 Å². The van der Waals surface area contributed by atoms with Gasteiger partial charge in [0, 0.05) is 12.1 Å². The summed E-state index contributed by atoms with van der Waals surface area (Å²) in [6.45, 7) is 8.11. The average Bonchev–Trinajstić information content (AvgIpc) is 3.46. The maximum atomic E-state index is 12.6. The quantitative estimate of drug-likeness (QED) is 0.406. The third-order valence-corrected chi connectivity index (χ3v) is 5.71. The molecule has 0 aliphatic heterocycles. The molecule has 2 aromatic carbocycles. The summed E-state index contributed by atoms with van der Waals surface area (Å²) in [6.07, 6.45) is 0.256. The zero-order chi connectivity index (χ0) is 23.4. The normalized spacial score (nSPS) is 11.4. The molecule has 2 heterocycles. The lowest BCUT2D eigenvalue weighted by Gasteiger charge is -2.19. The van der Waals surface area contributed by atoms with Crippen molar-refractivity contribution in [3.05, 3.63) is 59.1 Å². The second-order valence-corrected chi connectivity index (χ2v) is 9.41. The van der Waals surface area contributed by atoms with Gasteiger partial charge >= 0.3 is 6.09 Å². The van der Waals surface area contributed by atoms with E-state index in [1.807, 2.05) is 36.4 Å². The zero-order valence-corrected chi connectivity index (χ0v) is 19.8. The fourth-order valence-corrected chi connectivity index (χ4v) is 3.84. The maximum absolute atomic E-state index is 12.6. The molecular weight excluding hydrogens is 438 g/mol. The van der Waals surface area contributed by atoms with Crippen LogP contribution in [0.3, 0.4) is 0 Å². The molecule has 0 amide bonds. The van der Waals surface area contributed by atoms with Gasteiger partial charge in [-0.3, -0.25) is 0 Å². The van der Waals surface area contributed by atoms with Crippen LogP contribution in [0.4, 0.5) is 9.93 Å². The molecule has 0 atom stereocenters. The molecular formula is C23H25N7O2S. The fraction of sp³-hybridized carbons (Fsp3) is 0.304. The Bertz CT molecular complexity index is 1240. The lowest BCUT2D eigenvalue weighted by molar-refractivity contribution is 0.0514. The van der Waals surface area contributed by atoms with Crippen LogP contribution in [0.1, 0.15) is 38.3 Å². The van der Waals surface area contributed by atoms with Crippen LogP contribution in [0.15, 0.2) is 48.5 Å². The lowest BCUT2D eigenvalue weighted by Crippen LogP contribution is -2.28. The van der Waals surface area contributed by atoms with E-state index in [2.05, 4.69) is 50.1 Å². The molecule has 0 bridgehead atoms. The highest BCUT2D eigenvalue weighted by atomic mass is 32.1. The summed E-state index contributed by atoms with van der Waals surface area (Å²) in [5.74, 6) is 0.327. The number of tetrazole rings is 1. The first-order valence-corrected chi connectivity index (χ1v) is 11.4. The van der Waals surface area contributed by atoms with Gasteiger partial charge in [0.1, 0.15) is 10.6 Å². The van der Waals surface area contributed by atoms with Gasteiger partial charge in [-0.15, -0.1) is 20.0 Å². The number of aromatic nitrogens is 6. The Kier molecular flexibility index (Phi) is 6.45. The van der Waals surface area contributed by atoms with E-state index in [0.717, 1.165) is 43.5 Å². The minimum Gasteiger partial charge on any atom is -0.442 e. The number of anilines is 1. The minimum absolute atomic E-state index is 0.327. The van der Waals surface area contributed by atoms with E-state index in [9.17, 15) is 4.79 Å². The highest BCUT2D eigenvalue weighted by Gasteiger charge is 2.24. The number of rotatable bonds is 6. The third-order valence-electron chi connectivity index (χ3n) is 4.68. The van der Waals surface area contributed by atoms with Gasteiger partial charge < -0.3 is 10.1 Å². The molecule has 0 unspecified atom stereocenters. The average molecular weight is 464 g/mol. The molecule has 9 nitrogen and oxygen atoms in total. The van der Waals surface area contributed by atoms with E-state index >= 15 is 0 Å². The molecule has 33 heavy (non-hydrogen) atoms. The van der Waals surface area contributed by atoms with Crippen molar-refractivity contribution >= 4 is 22.6 Å². The molecule has 0 aliphatic carbocycles. The summed E-state index contributed by atoms with van der Waals surface area (Å²) < 4.78 is 6.54. The van der Waals surface area contributed by atoms with E-state index in [-0.39, 0.29) is 0 Å². The first-order valence-electron chi connectivity index (χ1n) is 10.6. The smallest absolute Gasteiger partial charge is 0.438 e. The number of hydrogen-bond acceptors (Lipinski definition) is 9. The molecule has 0 spiro atoms. The van der Waals surface area contributed by atoms with Crippen molar-refractivity contribution in [2.75, 3.05) is 5.32 Å². The number of carbonyl (C=O) groups excluding carboxylic acids is 1. The van der Waals surface area contributed by atoms with Crippen LogP contribution < -0.4 is 5.32 Å². The van der Waals surface area contributed by atoms with Crippen molar-refractivity contribution < 1.29 is 9.53 Å². The lowest BCUT2D eigenvalue weighted by atomic mass is 9.98. The van der Waals surface area contributed by atoms with Crippen molar-refractivity contribution in [2.45, 2.75) is 46.3 Å². The summed E-state index contributed by atoms with van der Waals surface area (Å²) in [4.78, 5) is 12.6. The molecule has 10 heteroatoms. The number of benzene rings is 2. The predicted molar refractivity (Wildman–Crippen MR) is 127 cm³/mol. The van der Waals surface area contributed by atoms with Gasteiger partial charge in [0.05, 0.1) is 0 Å². The van der Waals surface area contributed by atoms with Gasteiger partial charge in [-0.05, 0) is 54.3 Å². The zero-order valence-electron chi connectivity index (χ0n) is 18.9. The summed E-state index contributed by atoms with van der Waals surface area (Å²) in [6, 6.07) is 15.9. The van der Waals surface area contributed by atoms with E-state index in [1.54, 1.807) is 32.1 Å². The van der Waals surface area contributed by atoms with Gasteiger partial charge in [-0.25, -0.2) is 4.79 Å². The van der Waals surface area contributed by atoms with Gasteiger partial charge in [0.25, 0.3) is 0 Å². The van der Waals surface area contributed by atoms with E-state index in [1.165, 1.54) is 0 Å². The summed E-state index contributed by atoms with van der Waals surface area (Å²) in [7, 11) is 0. The molecule has 4 aromatic rings. The van der Waals surface area contributed by atoms with Crippen LogP contribution in [0.2, 0.25) is 0 Å². The Labute approximate surface area is 195 Å². The van der Waals surface area contributed by atoms with E-state index in [0.29, 0.717) is 12.4 Å². The van der Waals surface area contributed by atoms with Crippen LogP contribution in [-0.4, -0.2) is 42.1 Å². The number of nitrogens with one attached hydrogen (secondary N) is 1. The molecule has 0 saturated heterocycles. The van der Waals surface area contributed by atoms with Crippen molar-refractivity contribution in [2.24, 2.45) is 0 Å². The highest BCUT2D eigenvalue weighted by Crippen LogP contribution is 2.31. The number of nitrogens with zero attached hydrogens (tertiary/aromatic N) is 6. The van der Waals surface area contributed by atoms with Gasteiger partial charge in [-0.1, -0.05) is 66.8 Å². The van der Waals surface area contributed by atoms with Crippen molar-refractivity contribution in [3.63, 3.8) is 0 Å². The van der Waals surface area contributed by atoms with Crippen LogP contribution in [-0.2, 0) is 17.7 Å². The molecule has 0 fully saturated rings. The largest absolute Gasteiger partial charge is 0.442 e. The Morgan fingerprint density at radius 2 is 1.76 bits per heavy atom. The highest BCUT2D eigenvalue weighted by molar-refractivity contribution is 7.15. The number of aryl methyl sites for hydroxylation is 1. The number of carbonyl (C=O) groups is 1.